The van der Waals surface area contributed by atoms with Gasteiger partial charge in [-0.2, -0.15) is 0 Å². The maximum Gasteiger partial charge on any atom is 0.155 e. The van der Waals surface area contributed by atoms with Crippen LogP contribution in [-0.4, -0.2) is 17.3 Å². The molecule has 5 atom stereocenters. The van der Waals surface area contributed by atoms with Crippen molar-refractivity contribution < 1.29 is 14.4 Å². The molecule has 0 aliphatic heterocycles. The normalized spacial score (nSPS) is 47.6. The molecule has 0 amide bonds. The van der Waals surface area contributed by atoms with Crippen LogP contribution < -0.4 is 0 Å². The van der Waals surface area contributed by atoms with Crippen LogP contribution in [0.1, 0.15) is 58.8 Å². The highest BCUT2D eigenvalue weighted by molar-refractivity contribution is 6.10. The van der Waals surface area contributed by atoms with E-state index < -0.39 is 5.41 Å². The van der Waals surface area contributed by atoms with E-state index in [1.165, 1.54) is 5.57 Å². The molecule has 22 heavy (non-hydrogen) atoms. The van der Waals surface area contributed by atoms with Crippen LogP contribution in [0.3, 0.4) is 0 Å². The molecule has 0 aromatic carbocycles. The third kappa shape index (κ3) is 1.65. The van der Waals surface area contributed by atoms with Crippen LogP contribution >= 0.6 is 0 Å². The summed E-state index contributed by atoms with van der Waals surface area (Å²) in [5.74, 6) is 1.37. The third-order valence-electron chi connectivity index (χ3n) is 7.45. The van der Waals surface area contributed by atoms with Crippen LogP contribution in [0.15, 0.2) is 11.6 Å². The summed E-state index contributed by atoms with van der Waals surface area (Å²) >= 11 is 0. The molecule has 3 nitrogen and oxygen atoms in total. The van der Waals surface area contributed by atoms with Crippen LogP contribution in [0.2, 0.25) is 0 Å². The van der Waals surface area contributed by atoms with Gasteiger partial charge in [-0.1, -0.05) is 19.4 Å². The monoisotopic (exact) mass is 300 g/mol. The lowest BCUT2D eigenvalue weighted by molar-refractivity contribution is -0.137. The summed E-state index contributed by atoms with van der Waals surface area (Å²) in [6, 6.07) is 0. The second kappa shape index (κ2) is 4.39. The van der Waals surface area contributed by atoms with Crippen molar-refractivity contribution in [3.63, 3.8) is 0 Å². The molecule has 3 heteroatoms. The smallest absolute Gasteiger partial charge is 0.155 e. The Morgan fingerprint density at radius 3 is 2.55 bits per heavy atom. The molecule has 0 radical (unpaired) electrons. The SMILES string of the molecule is C[C@]12CCC(=O)C=C1CC[C@@H]1[C@@H]2CC[C@]2(C)C(=O)CC(=O)[C@@H]12. The van der Waals surface area contributed by atoms with Gasteiger partial charge in [0.25, 0.3) is 0 Å². The minimum absolute atomic E-state index is 0.0604. The van der Waals surface area contributed by atoms with Gasteiger partial charge in [-0.3, -0.25) is 14.4 Å². The number of Topliss-reactive ketones (excluding diaryl/α,β-unsaturated/α-hetero) is 2. The van der Waals surface area contributed by atoms with Gasteiger partial charge in [0.1, 0.15) is 11.6 Å². The van der Waals surface area contributed by atoms with Crippen molar-refractivity contribution in [2.75, 3.05) is 0 Å². The highest BCUT2D eigenvalue weighted by atomic mass is 16.2. The van der Waals surface area contributed by atoms with Gasteiger partial charge in [0.2, 0.25) is 0 Å². The number of hydrogen-bond donors (Lipinski definition) is 0. The zero-order chi connectivity index (χ0) is 15.7. The summed E-state index contributed by atoms with van der Waals surface area (Å²) < 4.78 is 0. The fourth-order valence-electron chi connectivity index (χ4n) is 6.14. The fraction of sp³-hybridized carbons (Fsp3) is 0.737. The Morgan fingerprint density at radius 2 is 1.77 bits per heavy atom. The molecule has 4 aliphatic rings. The Balaban J connectivity index is 1.74. The van der Waals surface area contributed by atoms with Gasteiger partial charge in [0.15, 0.2) is 5.78 Å². The average molecular weight is 300 g/mol. The van der Waals surface area contributed by atoms with Crippen molar-refractivity contribution in [2.24, 2.45) is 28.6 Å². The maximum absolute atomic E-state index is 12.5. The Morgan fingerprint density at radius 1 is 1.00 bits per heavy atom. The number of carbonyl (C=O) groups is 3. The molecule has 0 aromatic heterocycles. The summed E-state index contributed by atoms with van der Waals surface area (Å²) in [4.78, 5) is 36.6. The first kappa shape index (κ1) is 14.3. The van der Waals surface area contributed by atoms with E-state index in [1.807, 2.05) is 13.0 Å². The van der Waals surface area contributed by atoms with Gasteiger partial charge in [-0.05, 0) is 55.4 Å². The number of fused-ring (bicyclic) bond motifs is 5. The summed E-state index contributed by atoms with van der Waals surface area (Å²) in [5, 5.41) is 0. The van der Waals surface area contributed by atoms with Crippen molar-refractivity contribution in [1.29, 1.82) is 0 Å². The zero-order valence-electron chi connectivity index (χ0n) is 13.5. The number of hydrogen-bond acceptors (Lipinski definition) is 3. The molecular weight excluding hydrogens is 276 g/mol. The van der Waals surface area contributed by atoms with E-state index in [4.69, 9.17) is 0 Å². The maximum atomic E-state index is 12.5. The van der Waals surface area contributed by atoms with E-state index in [1.54, 1.807) is 0 Å². The van der Waals surface area contributed by atoms with Gasteiger partial charge < -0.3 is 0 Å². The molecule has 0 N–H and O–H groups in total. The second-order valence-corrected chi connectivity index (χ2v) is 8.36. The van der Waals surface area contributed by atoms with Crippen LogP contribution in [0.5, 0.6) is 0 Å². The van der Waals surface area contributed by atoms with Crippen LogP contribution in [-0.2, 0) is 14.4 Å². The number of carbonyl (C=O) groups excluding carboxylic acids is 3. The molecule has 0 bridgehead atoms. The average Bonchev–Trinajstić information content (AvgIpc) is 2.70. The van der Waals surface area contributed by atoms with E-state index in [0.29, 0.717) is 18.3 Å². The molecule has 0 aromatic rings. The van der Waals surface area contributed by atoms with E-state index in [-0.39, 0.29) is 35.1 Å². The Hall–Kier alpha value is -1.25. The van der Waals surface area contributed by atoms with E-state index in [0.717, 1.165) is 32.1 Å². The molecule has 0 spiro atoms. The van der Waals surface area contributed by atoms with Crippen molar-refractivity contribution in [3.05, 3.63) is 11.6 Å². The number of ketones is 3. The molecule has 0 heterocycles. The summed E-state index contributed by atoms with van der Waals surface area (Å²) in [6.45, 7) is 4.32. The topological polar surface area (TPSA) is 51.2 Å². The Kier molecular flexibility index (Phi) is 2.87. The molecule has 0 saturated heterocycles. The Labute approximate surface area is 131 Å². The van der Waals surface area contributed by atoms with Crippen molar-refractivity contribution in [3.8, 4) is 0 Å². The minimum atomic E-state index is -0.402. The fourth-order valence-corrected chi connectivity index (χ4v) is 6.14. The highest BCUT2D eigenvalue weighted by Gasteiger charge is 2.61. The van der Waals surface area contributed by atoms with Crippen LogP contribution in [0.4, 0.5) is 0 Å². The molecule has 4 rings (SSSR count). The van der Waals surface area contributed by atoms with Gasteiger partial charge in [-0.15, -0.1) is 0 Å². The first-order valence-electron chi connectivity index (χ1n) is 8.66. The number of rotatable bonds is 0. The highest BCUT2D eigenvalue weighted by Crippen LogP contribution is 2.63. The lowest BCUT2D eigenvalue weighted by atomic mass is 9.47. The summed E-state index contributed by atoms with van der Waals surface area (Å²) in [7, 11) is 0. The lowest BCUT2D eigenvalue weighted by Crippen LogP contribution is -2.51. The lowest BCUT2D eigenvalue weighted by Gasteiger charge is -2.56. The molecule has 118 valence electrons. The van der Waals surface area contributed by atoms with Crippen molar-refractivity contribution in [2.45, 2.75) is 58.8 Å². The zero-order valence-corrected chi connectivity index (χ0v) is 13.5. The van der Waals surface area contributed by atoms with Crippen molar-refractivity contribution in [1.82, 2.24) is 0 Å². The Bertz CT molecular complexity index is 616. The van der Waals surface area contributed by atoms with E-state index in [9.17, 15) is 14.4 Å². The first-order valence-corrected chi connectivity index (χ1v) is 8.66. The molecular formula is C19H24O3. The third-order valence-corrected chi connectivity index (χ3v) is 7.45. The van der Waals surface area contributed by atoms with Gasteiger partial charge in [-0.25, -0.2) is 0 Å². The first-order chi connectivity index (χ1) is 10.4. The van der Waals surface area contributed by atoms with E-state index in [2.05, 4.69) is 6.92 Å². The van der Waals surface area contributed by atoms with Crippen molar-refractivity contribution >= 4 is 17.3 Å². The summed E-state index contributed by atoms with van der Waals surface area (Å²) in [6.07, 6.45) is 7.37. The largest absolute Gasteiger partial charge is 0.299 e. The van der Waals surface area contributed by atoms with Crippen LogP contribution in [0, 0.1) is 28.6 Å². The van der Waals surface area contributed by atoms with Gasteiger partial charge >= 0.3 is 0 Å². The predicted molar refractivity (Wildman–Crippen MR) is 82.1 cm³/mol. The standard InChI is InChI=1S/C19H24O3/c1-18-7-5-12(20)9-11(18)3-4-13-14(18)6-8-19(2)16(22)10-15(21)17(13)19/h9,13-14,17H,3-8,10H2,1-2H3/t13-,14+,17-,18+,19-/m1/s1. The van der Waals surface area contributed by atoms with Gasteiger partial charge in [0.05, 0.1) is 6.42 Å². The number of allylic oxidation sites excluding steroid dienone is 1. The predicted octanol–water partition coefficient (Wildman–Crippen LogP) is 3.27. The molecule has 3 fully saturated rings. The summed E-state index contributed by atoms with van der Waals surface area (Å²) in [5.41, 5.74) is 0.982. The van der Waals surface area contributed by atoms with E-state index >= 15 is 0 Å². The minimum Gasteiger partial charge on any atom is -0.299 e. The van der Waals surface area contributed by atoms with Crippen LogP contribution in [0.25, 0.3) is 0 Å². The van der Waals surface area contributed by atoms with Gasteiger partial charge in [0, 0.05) is 17.8 Å². The molecule has 3 saturated carbocycles. The second-order valence-electron chi connectivity index (χ2n) is 8.36. The quantitative estimate of drug-likeness (QED) is 0.645. The molecule has 4 aliphatic carbocycles. The molecule has 0 unspecified atom stereocenters.